The van der Waals surface area contributed by atoms with Crippen molar-refractivity contribution in [1.82, 2.24) is 5.73 Å². The second kappa shape index (κ2) is 0.931. The van der Waals surface area contributed by atoms with Crippen LogP contribution in [0.25, 0.3) is 0 Å². The van der Waals surface area contributed by atoms with Crippen LogP contribution < -0.4 is 5.73 Å². The molecule has 0 fully saturated rings. The Morgan fingerprint density at radius 3 is 1.60 bits per heavy atom. The van der Waals surface area contributed by atoms with E-state index in [1.165, 1.54) is 0 Å². The molecule has 0 aromatic heterocycles. The first-order valence-electron chi connectivity index (χ1n) is 1.20. The molecule has 5 heavy (non-hydrogen) atoms. The van der Waals surface area contributed by atoms with Crippen LogP contribution in [-0.4, -0.2) is 16.1 Å². The Morgan fingerprint density at radius 1 is 1.60 bits per heavy atom. The van der Waals surface area contributed by atoms with Crippen molar-refractivity contribution in [2.75, 3.05) is 0 Å². The van der Waals surface area contributed by atoms with E-state index in [0.29, 0.717) is 0 Å². The molecule has 0 aromatic carbocycles. The summed E-state index contributed by atoms with van der Waals surface area (Å²) < 4.78 is 0. The summed E-state index contributed by atoms with van der Waals surface area (Å²) in [7, 11) is 0. The number of hydrogen-bond acceptors (Lipinski definition) is 2. The van der Waals surface area contributed by atoms with Crippen molar-refractivity contribution < 1.29 is 10.2 Å². The molecule has 0 spiro atoms. The molecule has 0 bridgehead atoms. The lowest BCUT2D eigenvalue weighted by atomic mass is 10.6. The molecule has 3 heteroatoms. The van der Waals surface area contributed by atoms with Gasteiger partial charge in [-0.25, -0.2) is 0 Å². The fourth-order valence-electron chi connectivity index (χ4n) is 0. The van der Waals surface area contributed by atoms with Crippen LogP contribution in [0.5, 0.6) is 0 Å². The Bertz CT molecular complexity index is 23.1. The van der Waals surface area contributed by atoms with Crippen molar-refractivity contribution in [3.8, 4) is 0 Å². The molecule has 0 atom stereocenters. The SMILES string of the molecule is CC([NH])(O)O. The molecule has 31 valence electrons. The molecule has 0 saturated carbocycles. The van der Waals surface area contributed by atoms with Crippen LogP contribution in [0.2, 0.25) is 0 Å². The van der Waals surface area contributed by atoms with Crippen molar-refractivity contribution in [3.05, 3.63) is 0 Å². The molecule has 0 aliphatic carbocycles. The monoisotopic (exact) mass is 76.0 g/mol. The van der Waals surface area contributed by atoms with Gasteiger partial charge in [-0.3, -0.25) is 0 Å². The third-order valence-electron chi connectivity index (χ3n) is 0. The fourth-order valence-corrected chi connectivity index (χ4v) is 0. The van der Waals surface area contributed by atoms with Crippen molar-refractivity contribution in [2.45, 2.75) is 12.8 Å². The van der Waals surface area contributed by atoms with E-state index >= 15 is 0 Å². The second-order valence-electron chi connectivity index (χ2n) is 1.02. The average molecular weight is 76.1 g/mol. The molecule has 3 N–H and O–H groups in total. The normalized spacial score (nSPS) is 12.0. The summed E-state index contributed by atoms with van der Waals surface area (Å²) in [5, 5.41) is 15.5. The van der Waals surface area contributed by atoms with Crippen LogP contribution >= 0.6 is 0 Å². The maximum absolute atomic E-state index is 7.74. The first-order chi connectivity index (χ1) is 2.00. The van der Waals surface area contributed by atoms with Gasteiger partial charge in [0.05, 0.1) is 0 Å². The molecule has 0 amide bonds. The molecule has 1 radical (unpaired) electrons. The van der Waals surface area contributed by atoms with Gasteiger partial charge in [-0.05, 0) is 0 Å². The third-order valence-corrected chi connectivity index (χ3v) is 0. The summed E-state index contributed by atoms with van der Waals surface area (Å²) in [6.45, 7) is 0.965. The van der Waals surface area contributed by atoms with E-state index in [2.05, 4.69) is 0 Å². The van der Waals surface area contributed by atoms with Gasteiger partial charge in [-0.2, -0.15) is 5.73 Å². The van der Waals surface area contributed by atoms with Crippen LogP contribution in [0.3, 0.4) is 0 Å². The molecule has 0 heterocycles. The molecular formula is C2H6NO2. The van der Waals surface area contributed by atoms with Crippen LogP contribution in [0.15, 0.2) is 0 Å². The molecule has 3 nitrogen and oxygen atoms in total. The molecule has 0 rings (SSSR count). The van der Waals surface area contributed by atoms with Crippen molar-refractivity contribution in [2.24, 2.45) is 0 Å². The lowest BCUT2D eigenvalue weighted by Crippen LogP contribution is -2.23. The minimum absolute atomic E-state index is 0.965. The van der Waals surface area contributed by atoms with Gasteiger partial charge in [0.2, 0.25) is 5.91 Å². The third kappa shape index (κ3) is 952. The van der Waals surface area contributed by atoms with E-state index in [9.17, 15) is 0 Å². The predicted molar refractivity (Wildman–Crippen MR) is 15.9 cm³/mol. The molecule has 0 aliphatic heterocycles. The van der Waals surface area contributed by atoms with Gasteiger partial charge in [0.25, 0.3) is 0 Å². The van der Waals surface area contributed by atoms with Crippen molar-refractivity contribution >= 4 is 0 Å². The Kier molecular flexibility index (Phi) is 0.908. The highest BCUT2D eigenvalue weighted by molar-refractivity contribution is 4.32. The van der Waals surface area contributed by atoms with E-state index in [0.717, 1.165) is 6.92 Å². The molecule has 0 unspecified atom stereocenters. The van der Waals surface area contributed by atoms with Gasteiger partial charge in [-0.15, -0.1) is 0 Å². The summed E-state index contributed by atoms with van der Waals surface area (Å²) >= 11 is 0. The maximum atomic E-state index is 7.74. The van der Waals surface area contributed by atoms with Gasteiger partial charge in [0, 0.05) is 6.92 Å². The first-order valence-corrected chi connectivity index (χ1v) is 1.20. The van der Waals surface area contributed by atoms with Crippen LogP contribution in [0, 0.1) is 0 Å². The van der Waals surface area contributed by atoms with Gasteiger partial charge in [-0.1, -0.05) is 0 Å². The average Bonchev–Trinajstić information content (AvgIpc) is 0.722. The first kappa shape index (κ1) is 4.88. The molecular weight excluding hydrogens is 70.0 g/mol. The van der Waals surface area contributed by atoms with Crippen LogP contribution in [0.4, 0.5) is 0 Å². The van der Waals surface area contributed by atoms with Gasteiger partial charge in [0.15, 0.2) is 0 Å². The van der Waals surface area contributed by atoms with Gasteiger partial charge < -0.3 is 10.2 Å². The quantitative estimate of drug-likeness (QED) is 0.361. The zero-order valence-corrected chi connectivity index (χ0v) is 2.89. The number of aliphatic hydroxyl groups is 2. The fraction of sp³-hybridized carbons (Fsp3) is 1.00. The van der Waals surface area contributed by atoms with Crippen LogP contribution in [-0.2, 0) is 0 Å². The summed E-state index contributed by atoms with van der Waals surface area (Å²) in [5.41, 5.74) is 6.05. The maximum Gasteiger partial charge on any atom is 0.232 e. The van der Waals surface area contributed by atoms with E-state index in [-0.39, 0.29) is 0 Å². The summed E-state index contributed by atoms with van der Waals surface area (Å²) in [6, 6.07) is 0. The van der Waals surface area contributed by atoms with Crippen molar-refractivity contribution in [1.29, 1.82) is 0 Å². The highest BCUT2D eigenvalue weighted by Crippen LogP contribution is 1.80. The lowest BCUT2D eigenvalue weighted by molar-refractivity contribution is -0.145. The molecule has 0 aliphatic rings. The number of nitrogens with one attached hydrogen (secondary N) is 1. The second-order valence-corrected chi connectivity index (χ2v) is 1.02. The van der Waals surface area contributed by atoms with Gasteiger partial charge >= 0.3 is 0 Å². The highest BCUT2D eigenvalue weighted by atomic mass is 16.5. The van der Waals surface area contributed by atoms with Gasteiger partial charge in [0.1, 0.15) is 0 Å². The van der Waals surface area contributed by atoms with Crippen LogP contribution in [0.1, 0.15) is 6.92 Å². The molecule has 0 aromatic rings. The summed E-state index contributed by atoms with van der Waals surface area (Å²) in [4.78, 5) is 0. The topological polar surface area (TPSA) is 64.3 Å². The minimum atomic E-state index is -2.25. The Labute approximate surface area is 30.0 Å². The van der Waals surface area contributed by atoms with E-state index < -0.39 is 5.91 Å². The minimum Gasteiger partial charge on any atom is -0.353 e. The van der Waals surface area contributed by atoms with Crippen molar-refractivity contribution in [3.63, 3.8) is 0 Å². The Morgan fingerprint density at radius 2 is 1.60 bits per heavy atom. The Hall–Kier alpha value is -0.120. The largest absolute Gasteiger partial charge is 0.353 e. The summed E-state index contributed by atoms with van der Waals surface area (Å²) in [6.07, 6.45) is 0. The Balaban J connectivity index is 3.02. The standard InChI is InChI=1S/C2H6NO2/c1-2(3,4)5/h3-5H,1H3. The smallest absolute Gasteiger partial charge is 0.232 e. The number of rotatable bonds is 0. The van der Waals surface area contributed by atoms with E-state index in [1.54, 1.807) is 0 Å². The molecule has 0 saturated heterocycles. The number of hydrogen-bond donors (Lipinski definition) is 2. The zero-order valence-electron chi connectivity index (χ0n) is 2.89. The zero-order chi connectivity index (χ0) is 4.50. The van der Waals surface area contributed by atoms with E-state index in [4.69, 9.17) is 15.9 Å². The van der Waals surface area contributed by atoms with E-state index in [1.807, 2.05) is 0 Å². The highest BCUT2D eigenvalue weighted by Gasteiger charge is 2.02. The predicted octanol–water partition coefficient (Wildman–Crippen LogP) is -1.07. The summed E-state index contributed by atoms with van der Waals surface area (Å²) in [5.74, 6) is -2.25. The lowest BCUT2D eigenvalue weighted by Gasteiger charge is -2.01.